The second-order valence-electron chi connectivity index (χ2n) is 5.88. The van der Waals surface area contributed by atoms with Crippen molar-refractivity contribution in [2.24, 2.45) is 7.05 Å². The number of carbonyl (C=O) groups excluding carboxylic acids is 1. The van der Waals surface area contributed by atoms with Crippen LogP contribution in [0.5, 0.6) is 0 Å². The van der Waals surface area contributed by atoms with Crippen molar-refractivity contribution in [1.82, 2.24) is 14.3 Å². The molecular weight excluding hydrogens is 366 g/mol. The van der Waals surface area contributed by atoms with Gasteiger partial charge in [0.25, 0.3) is 0 Å². The zero-order valence-electron chi connectivity index (χ0n) is 14.9. The molecule has 0 radical (unpaired) electrons. The van der Waals surface area contributed by atoms with E-state index in [0.717, 1.165) is 5.56 Å². The third-order valence-corrected chi connectivity index (χ3v) is 5.51. The first kappa shape index (κ1) is 18.8. The lowest BCUT2D eigenvalue weighted by Gasteiger charge is -2.19. The van der Waals surface area contributed by atoms with Gasteiger partial charge < -0.3 is 9.30 Å². The number of aryl methyl sites for hydroxylation is 1. The van der Waals surface area contributed by atoms with Gasteiger partial charge in [0.05, 0.1) is 17.6 Å². The Hall–Kier alpha value is -2.97. The molecule has 0 aliphatic carbocycles. The molecule has 0 aliphatic heterocycles. The van der Waals surface area contributed by atoms with Crippen molar-refractivity contribution < 1.29 is 17.9 Å². The Morgan fingerprint density at radius 3 is 2.52 bits per heavy atom. The van der Waals surface area contributed by atoms with Gasteiger partial charge in [0.1, 0.15) is 11.9 Å². The van der Waals surface area contributed by atoms with Crippen LogP contribution in [0.4, 0.5) is 0 Å². The Balaban J connectivity index is 2.01. The largest absolute Gasteiger partial charge is 0.465 e. The molecule has 0 fully saturated rings. The molecule has 7 nitrogen and oxygen atoms in total. The summed E-state index contributed by atoms with van der Waals surface area (Å²) < 4.78 is 35.1. The zero-order chi connectivity index (χ0) is 19.4. The van der Waals surface area contributed by atoms with Crippen molar-refractivity contribution in [3.05, 3.63) is 83.9 Å². The lowest BCUT2D eigenvalue weighted by Crippen LogP contribution is -2.31. The minimum Gasteiger partial charge on any atom is -0.465 e. The summed E-state index contributed by atoms with van der Waals surface area (Å²) in [5, 5.41) is 0. The molecule has 0 bridgehead atoms. The first-order valence-corrected chi connectivity index (χ1v) is 9.63. The summed E-state index contributed by atoms with van der Waals surface area (Å²) in [6, 6.07) is 14.2. The lowest BCUT2D eigenvalue weighted by atomic mass is 10.1. The van der Waals surface area contributed by atoms with Crippen molar-refractivity contribution in [3.8, 4) is 0 Å². The average Bonchev–Trinajstić information content (AvgIpc) is 3.12. The molecule has 3 rings (SSSR count). The van der Waals surface area contributed by atoms with E-state index in [9.17, 15) is 13.2 Å². The van der Waals surface area contributed by atoms with Crippen LogP contribution in [0, 0.1) is 0 Å². The van der Waals surface area contributed by atoms with Crippen LogP contribution in [0.3, 0.4) is 0 Å². The molecule has 8 heteroatoms. The molecule has 0 saturated heterocycles. The van der Waals surface area contributed by atoms with Crippen LogP contribution in [0.15, 0.2) is 71.9 Å². The van der Waals surface area contributed by atoms with Crippen LogP contribution in [0.25, 0.3) is 0 Å². The summed E-state index contributed by atoms with van der Waals surface area (Å²) in [6.45, 7) is 0. The van der Waals surface area contributed by atoms with E-state index in [0.29, 0.717) is 5.82 Å². The van der Waals surface area contributed by atoms with E-state index in [2.05, 4.69) is 14.4 Å². The van der Waals surface area contributed by atoms with Crippen LogP contribution in [0.1, 0.15) is 27.8 Å². The molecule has 3 aromatic rings. The Kier molecular flexibility index (Phi) is 5.38. The Bertz CT molecular complexity index is 1050. The number of benzene rings is 2. The fourth-order valence-corrected chi connectivity index (χ4v) is 3.93. The van der Waals surface area contributed by atoms with Gasteiger partial charge in [-0.25, -0.2) is 18.2 Å². The van der Waals surface area contributed by atoms with E-state index in [4.69, 9.17) is 0 Å². The Morgan fingerprint density at radius 1 is 1.15 bits per heavy atom. The molecule has 140 valence electrons. The predicted molar refractivity (Wildman–Crippen MR) is 99.6 cm³/mol. The van der Waals surface area contributed by atoms with Gasteiger partial charge in [-0.15, -0.1) is 0 Å². The van der Waals surface area contributed by atoms with E-state index in [1.165, 1.54) is 31.4 Å². The molecule has 27 heavy (non-hydrogen) atoms. The number of methoxy groups -OCH3 is 1. The molecule has 1 aromatic heterocycles. The number of imidazole rings is 1. The summed E-state index contributed by atoms with van der Waals surface area (Å²) in [5.74, 6) is -0.0512. The van der Waals surface area contributed by atoms with E-state index in [1.54, 1.807) is 24.0 Å². The summed E-state index contributed by atoms with van der Waals surface area (Å²) >= 11 is 0. The van der Waals surface area contributed by atoms with Crippen molar-refractivity contribution in [3.63, 3.8) is 0 Å². The molecular formula is C19H19N3O4S. The number of rotatable bonds is 6. The quantitative estimate of drug-likeness (QED) is 0.658. The molecule has 0 unspecified atom stereocenters. The minimum atomic E-state index is -3.93. The number of esters is 1. The highest BCUT2D eigenvalue weighted by Crippen LogP contribution is 2.23. The number of carbonyl (C=O) groups is 1. The first-order valence-electron chi connectivity index (χ1n) is 8.15. The molecule has 0 amide bonds. The van der Waals surface area contributed by atoms with Crippen molar-refractivity contribution in [1.29, 1.82) is 0 Å². The van der Waals surface area contributed by atoms with Crippen LogP contribution in [-0.2, 0) is 21.8 Å². The molecule has 1 heterocycles. The fraction of sp³-hybridized carbons (Fsp3) is 0.158. The van der Waals surface area contributed by atoms with Crippen LogP contribution in [-0.4, -0.2) is 31.0 Å². The van der Waals surface area contributed by atoms with Gasteiger partial charge >= 0.3 is 5.97 Å². The van der Waals surface area contributed by atoms with Gasteiger partial charge in [0.2, 0.25) is 10.0 Å². The molecule has 2 aromatic carbocycles. The van der Waals surface area contributed by atoms with E-state index >= 15 is 0 Å². The standard InChI is InChI=1S/C19H19N3O4S/c1-22-12-11-20-18(22)17(14-7-4-3-5-8-14)21-27(24,25)16-10-6-9-15(13-16)19(23)26-2/h3-13,17,21H,1-2H3/t17-/m1/s1. The highest BCUT2D eigenvalue weighted by atomic mass is 32.2. The third kappa shape index (κ3) is 4.07. The second-order valence-corrected chi connectivity index (χ2v) is 7.59. The highest BCUT2D eigenvalue weighted by Gasteiger charge is 2.26. The Morgan fingerprint density at radius 2 is 1.89 bits per heavy atom. The number of nitrogens with zero attached hydrogens (tertiary/aromatic N) is 2. The van der Waals surface area contributed by atoms with Gasteiger partial charge in [0, 0.05) is 19.4 Å². The number of sulfonamides is 1. The molecule has 0 aliphatic rings. The number of hydrogen-bond acceptors (Lipinski definition) is 5. The lowest BCUT2D eigenvalue weighted by molar-refractivity contribution is 0.0600. The average molecular weight is 385 g/mol. The number of aromatic nitrogens is 2. The van der Waals surface area contributed by atoms with Gasteiger partial charge in [0.15, 0.2) is 0 Å². The van der Waals surface area contributed by atoms with Crippen LogP contribution < -0.4 is 4.72 Å². The maximum absolute atomic E-state index is 13.0. The maximum Gasteiger partial charge on any atom is 0.337 e. The van der Waals surface area contributed by atoms with Crippen molar-refractivity contribution in [2.45, 2.75) is 10.9 Å². The number of ether oxygens (including phenoxy) is 1. The number of hydrogen-bond donors (Lipinski definition) is 1. The summed E-state index contributed by atoms with van der Waals surface area (Å²) in [4.78, 5) is 16.0. The molecule has 1 atom stereocenters. The van der Waals surface area contributed by atoms with E-state index < -0.39 is 22.0 Å². The maximum atomic E-state index is 13.0. The first-order chi connectivity index (χ1) is 12.9. The predicted octanol–water partition coefficient (Wildman–Crippen LogP) is 2.27. The topological polar surface area (TPSA) is 90.3 Å². The van der Waals surface area contributed by atoms with E-state index in [1.807, 2.05) is 30.3 Å². The highest BCUT2D eigenvalue weighted by molar-refractivity contribution is 7.89. The SMILES string of the molecule is COC(=O)c1cccc(S(=O)(=O)N[C@H](c2ccccc2)c2nccn2C)c1. The second kappa shape index (κ2) is 7.73. The van der Waals surface area contributed by atoms with Gasteiger partial charge in [-0.2, -0.15) is 4.72 Å². The smallest absolute Gasteiger partial charge is 0.337 e. The van der Waals surface area contributed by atoms with Gasteiger partial charge in [-0.05, 0) is 23.8 Å². The monoisotopic (exact) mass is 385 g/mol. The third-order valence-electron chi connectivity index (χ3n) is 4.09. The molecule has 0 saturated carbocycles. The zero-order valence-corrected chi connectivity index (χ0v) is 15.7. The fourth-order valence-electron chi connectivity index (χ4n) is 2.70. The molecule has 0 spiro atoms. The summed E-state index contributed by atoms with van der Waals surface area (Å²) in [7, 11) is -0.885. The summed E-state index contributed by atoms with van der Waals surface area (Å²) in [6.07, 6.45) is 3.36. The minimum absolute atomic E-state index is 0.0273. The van der Waals surface area contributed by atoms with Crippen LogP contribution >= 0.6 is 0 Å². The van der Waals surface area contributed by atoms with Crippen molar-refractivity contribution >= 4 is 16.0 Å². The van der Waals surface area contributed by atoms with Crippen molar-refractivity contribution in [2.75, 3.05) is 7.11 Å². The van der Waals surface area contributed by atoms with Gasteiger partial charge in [-0.1, -0.05) is 36.4 Å². The number of nitrogens with one attached hydrogen (secondary N) is 1. The van der Waals surface area contributed by atoms with Gasteiger partial charge in [-0.3, -0.25) is 0 Å². The Labute approximate surface area is 157 Å². The summed E-state index contributed by atoms with van der Waals surface area (Å²) in [5.41, 5.74) is 0.910. The normalized spacial score (nSPS) is 12.5. The van der Waals surface area contributed by atoms with E-state index in [-0.39, 0.29) is 10.5 Å². The molecule has 1 N–H and O–H groups in total. The van der Waals surface area contributed by atoms with Crippen LogP contribution in [0.2, 0.25) is 0 Å².